The number of nitrogens with two attached hydrogens (primary N) is 1. The van der Waals surface area contributed by atoms with Gasteiger partial charge in [0.1, 0.15) is 0 Å². The Labute approximate surface area is 111 Å². The van der Waals surface area contributed by atoms with Crippen LogP contribution in [0.1, 0.15) is 52.4 Å². The molecule has 0 spiro atoms. The van der Waals surface area contributed by atoms with Crippen LogP contribution in [-0.4, -0.2) is 38.1 Å². The van der Waals surface area contributed by atoms with Crippen LogP contribution in [0.2, 0.25) is 0 Å². The third kappa shape index (κ3) is 9.41. The van der Waals surface area contributed by atoms with Gasteiger partial charge in [0.25, 0.3) is 0 Å². The minimum atomic E-state index is -3.45. The van der Waals surface area contributed by atoms with Gasteiger partial charge < -0.3 is 4.90 Å². The Morgan fingerprint density at radius 1 is 1.06 bits per heavy atom. The van der Waals surface area contributed by atoms with Crippen molar-refractivity contribution in [3.8, 4) is 0 Å². The van der Waals surface area contributed by atoms with Gasteiger partial charge in [0, 0.05) is 19.5 Å². The standard InChI is InChI=1S/C12H26N2O3S/c1-3-5-9-14(10-6-4-2)12(15)8-7-11-18(13,16)17/h3-11H2,1-2H3,(H2,13,16,17). The third-order valence-corrected chi connectivity index (χ3v) is 3.59. The smallest absolute Gasteiger partial charge is 0.222 e. The second kappa shape index (κ2) is 9.33. The van der Waals surface area contributed by atoms with Crippen LogP contribution >= 0.6 is 0 Å². The molecule has 0 aromatic rings. The molecule has 0 aromatic heterocycles. The molecule has 0 bridgehead atoms. The highest BCUT2D eigenvalue weighted by Crippen LogP contribution is 2.04. The van der Waals surface area contributed by atoms with Crippen molar-refractivity contribution in [3.63, 3.8) is 0 Å². The highest BCUT2D eigenvalue weighted by molar-refractivity contribution is 7.89. The van der Waals surface area contributed by atoms with Gasteiger partial charge >= 0.3 is 0 Å². The molecule has 0 saturated heterocycles. The molecule has 1 amide bonds. The molecule has 0 aromatic carbocycles. The zero-order chi connectivity index (χ0) is 14.0. The van der Waals surface area contributed by atoms with Gasteiger partial charge in [-0.3, -0.25) is 4.79 Å². The number of amides is 1. The number of nitrogens with zero attached hydrogens (tertiary/aromatic N) is 1. The molecule has 0 aliphatic carbocycles. The molecular weight excluding hydrogens is 252 g/mol. The Morgan fingerprint density at radius 3 is 1.94 bits per heavy atom. The summed E-state index contributed by atoms with van der Waals surface area (Å²) in [4.78, 5) is 13.8. The SMILES string of the molecule is CCCCN(CCCC)C(=O)CCCS(N)(=O)=O. The normalized spacial score (nSPS) is 11.5. The quantitative estimate of drug-likeness (QED) is 0.657. The number of sulfonamides is 1. The zero-order valence-corrected chi connectivity index (χ0v) is 12.3. The number of hydrogen-bond donors (Lipinski definition) is 1. The highest BCUT2D eigenvalue weighted by atomic mass is 32.2. The lowest BCUT2D eigenvalue weighted by Gasteiger charge is -2.22. The van der Waals surface area contributed by atoms with Gasteiger partial charge in [0.15, 0.2) is 0 Å². The fourth-order valence-corrected chi connectivity index (χ4v) is 2.19. The highest BCUT2D eigenvalue weighted by Gasteiger charge is 2.13. The number of carbonyl (C=O) groups excluding carboxylic acids is 1. The van der Waals surface area contributed by atoms with E-state index >= 15 is 0 Å². The maximum Gasteiger partial charge on any atom is 0.222 e. The Balaban J connectivity index is 4.10. The molecule has 0 rings (SSSR count). The summed E-state index contributed by atoms with van der Waals surface area (Å²) in [7, 11) is -3.45. The van der Waals surface area contributed by atoms with Crippen LogP contribution in [0.15, 0.2) is 0 Å². The first-order chi connectivity index (χ1) is 8.40. The molecule has 0 atom stereocenters. The van der Waals surface area contributed by atoms with E-state index in [1.165, 1.54) is 0 Å². The molecule has 0 aliphatic heterocycles. The summed E-state index contributed by atoms with van der Waals surface area (Å²) < 4.78 is 21.6. The van der Waals surface area contributed by atoms with Crippen LogP contribution in [0.3, 0.4) is 0 Å². The van der Waals surface area contributed by atoms with Crippen LogP contribution in [0.5, 0.6) is 0 Å². The largest absolute Gasteiger partial charge is 0.343 e. The lowest BCUT2D eigenvalue weighted by Crippen LogP contribution is -2.33. The van der Waals surface area contributed by atoms with Crippen LogP contribution in [0.25, 0.3) is 0 Å². The van der Waals surface area contributed by atoms with E-state index in [2.05, 4.69) is 13.8 Å². The van der Waals surface area contributed by atoms with Gasteiger partial charge in [0.2, 0.25) is 15.9 Å². The minimum absolute atomic E-state index is 0.0422. The van der Waals surface area contributed by atoms with Crippen molar-refractivity contribution in [2.45, 2.75) is 52.4 Å². The number of rotatable bonds is 10. The molecule has 0 saturated carbocycles. The number of unbranched alkanes of at least 4 members (excludes halogenated alkanes) is 2. The van der Waals surface area contributed by atoms with Crippen LogP contribution < -0.4 is 5.14 Å². The molecular formula is C12H26N2O3S. The molecule has 0 fully saturated rings. The predicted octanol–water partition coefficient (Wildman–Crippen LogP) is 1.48. The molecule has 0 unspecified atom stereocenters. The lowest BCUT2D eigenvalue weighted by molar-refractivity contribution is -0.131. The van der Waals surface area contributed by atoms with Crippen molar-refractivity contribution in [3.05, 3.63) is 0 Å². The fourth-order valence-electron chi connectivity index (χ4n) is 1.64. The maximum absolute atomic E-state index is 11.9. The molecule has 108 valence electrons. The monoisotopic (exact) mass is 278 g/mol. The summed E-state index contributed by atoms with van der Waals surface area (Å²) >= 11 is 0. The van der Waals surface area contributed by atoms with Gasteiger partial charge in [-0.15, -0.1) is 0 Å². The van der Waals surface area contributed by atoms with E-state index in [9.17, 15) is 13.2 Å². The number of carbonyl (C=O) groups is 1. The second-order valence-corrected chi connectivity index (χ2v) is 6.29. The topological polar surface area (TPSA) is 80.5 Å². The average molecular weight is 278 g/mol. The van der Waals surface area contributed by atoms with Crippen LogP contribution in [0, 0.1) is 0 Å². The summed E-state index contributed by atoms with van der Waals surface area (Å²) in [5.74, 6) is -0.0748. The summed E-state index contributed by atoms with van der Waals surface area (Å²) in [5.41, 5.74) is 0. The Kier molecular flexibility index (Phi) is 9.01. The number of hydrogen-bond acceptors (Lipinski definition) is 3. The molecule has 6 heteroatoms. The average Bonchev–Trinajstić information content (AvgIpc) is 2.27. The summed E-state index contributed by atoms with van der Waals surface area (Å²) in [6, 6.07) is 0. The summed E-state index contributed by atoms with van der Waals surface area (Å²) in [6.07, 6.45) is 4.66. The zero-order valence-electron chi connectivity index (χ0n) is 11.5. The molecule has 0 heterocycles. The minimum Gasteiger partial charge on any atom is -0.343 e. The van der Waals surface area contributed by atoms with E-state index in [0.29, 0.717) is 6.42 Å². The second-order valence-electron chi connectivity index (χ2n) is 4.56. The van der Waals surface area contributed by atoms with Crippen molar-refractivity contribution in [2.24, 2.45) is 5.14 Å². The molecule has 2 N–H and O–H groups in total. The van der Waals surface area contributed by atoms with Gasteiger partial charge in [0.05, 0.1) is 5.75 Å². The fraction of sp³-hybridized carbons (Fsp3) is 0.917. The van der Waals surface area contributed by atoms with Crippen molar-refractivity contribution in [1.82, 2.24) is 4.90 Å². The third-order valence-electron chi connectivity index (χ3n) is 2.74. The predicted molar refractivity (Wildman–Crippen MR) is 73.6 cm³/mol. The Morgan fingerprint density at radius 2 is 1.56 bits per heavy atom. The summed E-state index contributed by atoms with van der Waals surface area (Å²) in [5, 5.41) is 4.91. The van der Waals surface area contributed by atoms with Gasteiger partial charge in [-0.2, -0.15) is 0 Å². The molecule has 0 aliphatic rings. The van der Waals surface area contributed by atoms with E-state index in [4.69, 9.17) is 5.14 Å². The van der Waals surface area contributed by atoms with Crippen molar-refractivity contribution in [2.75, 3.05) is 18.8 Å². The van der Waals surface area contributed by atoms with Crippen molar-refractivity contribution in [1.29, 1.82) is 0 Å². The first-order valence-corrected chi connectivity index (χ1v) is 8.40. The molecule has 0 radical (unpaired) electrons. The van der Waals surface area contributed by atoms with Crippen LogP contribution in [-0.2, 0) is 14.8 Å². The number of primary sulfonamides is 1. The Bertz CT molecular complexity index is 320. The maximum atomic E-state index is 11.9. The van der Waals surface area contributed by atoms with Gasteiger partial charge in [-0.05, 0) is 19.3 Å². The summed E-state index contributed by atoms with van der Waals surface area (Å²) in [6.45, 7) is 5.71. The van der Waals surface area contributed by atoms with E-state index < -0.39 is 10.0 Å². The van der Waals surface area contributed by atoms with E-state index in [-0.39, 0.29) is 18.1 Å². The van der Waals surface area contributed by atoms with Crippen molar-refractivity contribution < 1.29 is 13.2 Å². The van der Waals surface area contributed by atoms with Gasteiger partial charge in [-0.1, -0.05) is 26.7 Å². The van der Waals surface area contributed by atoms with E-state index in [0.717, 1.165) is 38.8 Å². The lowest BCUT2D eigenvalue weighted by atomic mass is 10.2. The molecule has 5 nitrogen and oxygen atoms in total. The van der Waals surface area contributed by atoms with Gasteiger partial charge in [-0.25, -0.2) is 13.6 Å². The first kappa shape index (κ1) is 17.4. The van der Waals surface area contributed by atoms with Crippen molar-refractivity contribution >= 4 is 15.9 Å². The van der Waals surface area contributed by atoms with Crippen LogP contribution in [0.4, 0.5) is 0 Å². The van der Waals surface area contributed by atoms with E-state index in [1.807, 2.05) is 4.90 Å². The van der Waals surface area contributed by atoms with E-state index in [1.54, 1.807) is 0 Å². The first-order valence-electron chi connectivity index (χ1n) is 6.69. The Hall–Kier alpha value is -0.620. The molecule has 18 heavy (non-hydrogen) atoms.